The van der Waals surface area contributed by atoms with Crippen LogP contribution in [0.5, 0.6) is 0 Å². The molecule has 0 bridgehead atoms. The summed E-state index contributed by atoms with van der Waals surface area (Å²) < 4.78 is 0. The zero-order valence-electron chi connectivity index (χ0n) is 7.42. The molecule has 1 saturated heterocycles. The molecule has 0 aromatic carbocycles. The summed E-state index contributed by atoms with van der Waals surface area (Å²) >= 11 is 0. The van der Waals surface area contributed by atoms with Gasteiger partial charge in [0.1, 0.15) is 0 Å². The van der Waals surface area contributed by atoms with Gasteiger partial charge in [-0.3, -0.25) is 0 Å². The van der Waals surface area contributed by atoms with E-state index in [0.717, 1.165) is 13.0 Å². The van der Waals surface area contributed by atoms with Crippen LogP contribution in [0.1, 0.15) is 32.6 Å². The molecule has 1 atom stereocenters. The number of hydrogen-bond donors (Lipinski definition) is 1. The fraction of sp³-hybridized carbons (Fsp3) is 1.00. The van der Waals surface area contributed by atoms with Crippen molar-refractivity contribution in [2.75, 3.05) is 19.6 Å². The van der Waals surface area contributed by atoms with Crippen LogP contribution in [0.3, 0.4) is 0 Å². The zero-order chi connectivity index (χ0) is 8.10. The lowest BCUT2D eigenvalue weighted by Crippen LogP contribution is -2.31. The standard InChI is InChI=1S/C9H19NO/c1-9(11)5-8-10-6-3-2-4-7-10/h9,11H,2-8H2,1H3/t9-/m1/s1. The summed E-state index contributed by atoms with van der Waals surface area (Å²) in [6.45, 7) is 5.43. The quantitative estimate of drug-likeness (QED) is 0.666. The van der Waals surface area contributed by atoms with E-state index < -0.39 is 0 Å². The number of aliphatic hydroxyl groups excluding tert-OH is 1. The molecule has 66 valence electrons. The number of aliphatic hydroxyl groups is 1. The van der Waals surface area contributed by atoms with Crippen LogP contribution < -0.4 is 0 Å². The highest BCUT2D eigenvalue weighted by Crippen LogP contribution is 2.09. The molecule has 0 saturated carbocycles. The van der Waals surface area contributed by atoms with Crippen LogP contribution in [-0.2, 0) is 0 Å². The minimum absolute atomic E-state index is 0.128. The van der Waals surface area contributed by atoms with Crippen molar-refractivity contribution >= 4 is 0 Å². The highest BCUT2D eigenvalue weighted by Gasteiger charge is 2.09. The Morgan fingerprint density at radius 2 is 1.91 bits per heavy atom. The van der Waals surface area contributed by atoms with Crippen LogP contribution in [0, 0.1) is 0 Å². The first kappa shape index (κ1) is 9.01. The topological polar surface area (TPSA) is 23.5 Å². The number of rotatable bonds is 3. The molecular formula is C9H19NO. The van der Waals surface area contributed by atoms with Crippen molar-refractivity contribution in [3.63, 3.8) is 0 Å². The molecule has 1 N–H and O–H groups in total. The number of likely N-dealkylation sites (tertiary alicyclic amines) is 1. The fourth-order valence-electron chi connectivity index (χ4n) is 1.55. The van der Waals surface area contributed by atoms with Crippen molar-refractivity contribution in [2.24, 2.45) is 0 Å². The third-order valence-electron chi connectivity index (χ3n) is 2.31. The SMILES string of the molecule is C[C@@H](O)CCN1CCCCC1. The molecule has 11 heavy (non-hydrogen) atoms. The summed E-state index contributed by atoms with van der Waals surface area (Å²) in [5, 5.41) is 9.06. The molecule has 1 aliphatic rings. The van der Waals surface area contributed by atoms with Crippen LogP contribution >= 0.6 is 0 Å². The maximum Gasteiger partial charge on any atom is 0.0524 e. The number of hydrogen-bond acceptors (Lipinski definition) is 2. The summed E-state index contributed by atoms with van der Waals surface area (Å²) in [5.41, 5.74) is 0. The molecule has 0 aromatic heterocycles. The number of piperidine rings is 1. The largest absolute Gasteiger partial charge is 0.393 e. The van der Waals surface area contributed by atoms with Crippen molar-refractivity contribution in [3.05, 3.63) is 0 Å². The van der Waals surface area contributed by atoms with E-state index in [9.17, 15) is 0 Å². The van der Waals surface area contributed by atoms with Crippen molar-refractivity contribution in [1.82, 2.24) is 4.90 Å². The van der Waals surface area contributed by atoms with E-state index >= 15 is 0 Å². The Kier molecular flexibility index (Phi) is 3.87. The summed E-state index contributed by atoms with van der Waals surface area (Å²) in [6, 6.07) is 0. The molecule has 0 radical (unpaired) electrons. The molecule has 0 spiro atoms. The second-order valence-electron chi connectivity index (χ2n) is 3.54. The summed E-state index contributed by atoms with van der Waals surface area (Å²) in [6.07, 6.45) is 4.89. The van der Waals surface area contributed by atoms with Crippen LogP contribution in [-0.4, -0.2) is 35.7 Å². The van der Waals surface area contributed by atoms with Crippen LogP contribution in [0.4, 0.5) is 0 Å². The third-order valence-corrected chi connectivity index (χ3v) is 2.31. The summed E-state index contributed by atoms with van der Waals surface area (Å²) in [7, 11) is 0. The Morgan fingerprint density at radius 3 is 2.45 bits per heavy atom. The predicted octanol–water partition coefficient (Wildman–Crippen LogP) is 1.24. The Labute approximate surface area is 69.2 Å². The highest BCUT2D eigenvalue weighted by atomic mass is 16.3. The first-order valence-electron chi connectivity index (χ1n) is 4.69. The minimum atomic E-state index is -0.128. The Hall–Kier alpha value is -0.0800. The number of nitrogens with zero attached hydrogens (tertiary/aromatic N) is 1. The lowest BCUT2D eigenvalue weighted by atomic mass is 10.1. The molecule has 1 fully saturated rings. The molecule has 2 nitrogen and oxygen atoms in total. The Morgan fingerprint density at radius 1 is 1.27 bits per heavy atom. The van der Waals surface area contributed by atoms with Gasteiger partial charge in [-0.25, -0.2) is 0 Å². The average molecular weight is 157 g/mol. The molecule has 0 amide bonds. The fourth-order valence-corrected chi connectivity index (χ4v) is 1.55. The van der Waals surface area contributed by atoms with Crippen LogP contribution in [0.2, 0.25) is 0 Å². The van der Waals surface area contributed by atoms with E-state index in [1.54, 1.807) is 0 Å². The molecule has 2 heteroatoms. The zero-order valence-corrected chi connectivity index (χ0v) is 7.42. The van der Waals surface area contributed by atoms with Gasteiger partial charge in [0, 0.05) is 6.54 Å². The predicted molar refractivity (Wildman–Crippen MR) is 46.6 cm³/mol. The van der Waals surface area contributed by atoms with Gasteiger partial charge < -0.3 is 10.0 Å². The summed E-state index contributed by atoms with van der Waals surface area (Å²) in [4.78, 5) is 2.45. The van der Waals surface area contributed by atoms with E-state index in [1.807, 2.05) is 6.92 Å². The highest BCUT2D eigenvalue weighted by molar-refractivity contribution is 4.65. The minimum Gasteiger partial charge on any atom is -0.393 e. The molecule has 1 heterocycles. The van der Waals surface area contributed by atoms with Gasteiger partial charge in [-0.1, -0.05) is 6.42 Å². The van der Waals surface area contributed by atoms with Crippen molar-refractivity contribution < 1.29 is 5.11 Å². The smallest absolute Gasteiger partial charge is 0.0524 e. The van der Waals surface area contributed by atoms with Gasteiger partial charge in [-0.2, -0.15) is 0 Å². The first-order chi connectivity index (χ1) is 5.29. The van der Waals surface area contributed by atoms with E-state index in [2.05, 4.69) is 4.90 Å². The van der Waals surface area contributed by atoms with Gasteiger partial charge in [0.25, 0.3) is 0 Å². The van der Waals surface area contributed by atoms with Gasteiger partial charge in [-0.15, -0.1) is 0 Å². The normalized spacial score (nSPS) is 23.5. The van der Waals surface area contributed by atoms with Crippen molar-refractivity contribution in [2.45, 2.75) is 38.7 Å². The Balaban J connectivity index is 2.05. The monoisotopic (exact) mass is 157 g/mol. The third kappa shape index (κ3) is 3.73. The van der Waals surface area contributed by atoms with Gasteiger partial charge in [-0.05, 0) is 39.3 Å². The molecule has 1 aliphatic heterocycles. The molecule has 1 rings (SSSR count). The molecular weight excluding hydrogens is 138 g/mol. The first-order valence-corrected chi connectivity index (χ1v) is 4.69. The van der Waals surface area contributed by atoms with Crippen LogP contribution in [0.15, 0.2) is 0 Å². The Bertz CT molecular complexity index is 97.7. The van der Waals surface area contributed by atoms with Crippen LogP contribution in [0.25, 0.3) is 0 Å². The lowest BCUT2D eigenvalue weighted by molar-refractivity contribution is 0.146. The van der Waals surface area contributed by atoms with E-state index in [-0.39, 0.29) is 6.10 Å². The maximum absolute atomic E-state index is 9.06. The average Bonchev–Trinajstić information content (AvgIpc) is 2.03. The van der Waals surface area contributed by atoms with Gasteiger partial charge in [0.05, 0.1) is 6.10 Å². The van der Waals surface area contributed by atoms with Crippen molar-refractivity contribution in [3.8, 4) is 0 Å². The maximum atomic E-state index is 9.06. The van der Waals surface area contributed by atoms with Crippen molar-refractivity contribution in [1.29, 1.82) is 0 Å². The van der Waals surface area contributed by atoms with Gasteiger partial charge >= 0.3 is 0 Å². The van der Waals surface area contributed by atoms with Gasteiger partial charge in [0.15, 0.2) is 0 Å². The molecule has 0 aromatic rings. The van der Waals surface area contributed by atoms with E-state index in [0.29, 0.717) is 0 Å². The second kappa shape index (κ2) is 4.73. The molecule has 0 aliphatic carbocycles. The summed E-state index contributed by atoms with van der Waals surface area (Å²) in [5.74, 6) is 0. The lowest BCUT2D eigenvalue weighted by Gasteiger charge is -2.26. The van der Waals surface area contributed by atoms with E-state index in [1.165, 1.54) is 32.4 Å². The molecule has 0 unspecified atom stereocenters. The second-order valence-corrected chi connectivity index (χ2v) is 3.54. The van der Waals surface area contributed by atoms with E-state index in [4.69, 9.17) is 5.11 Å². The van der Waals surface area contributed by atoms with Gasteiger partial charge in [0.2, 0.25) is 0 Å².